The molecular formula is C16H22BrNO. The molecule has 1 N–H and O–H groups in total. The van der Waals surface area contributed by atoms with Crippen LogP contribution in [0.4, 0.5) is 5.69 Å². The highest BCUT2D eigenvalue weighted by Gasteiger charge is 2.19. The van der Waals surface area contributed by atoms with Crippen LogP contribution in [0.2, 0.25) is 0 Å². The van der Waals surface area contributed by atoms with E-state index in [0.29, 0.717) is 17.2 Å². The third-order valence-electron chi connectivity index (χ3n) is 4.03. The summed E-state index contributed by atoms with van der Waals surface area (Å²) in [4.78, 5) is 12.0. The first kappa shape index (κ1) is 14.6. The molecule has 1 aromatic carbocycles. The van der Waals surface area contributed by atoms with Gasteiger partial charge >= 0.3 is 0 Å². The average molecular weight is 324 g/mol. The van der Waals surface area contributed by atoms with Gasteiger partial charge in [0, 0.05) is 16.9 Å². The molecular weight excluding hydrogens is 302 g/mol. The maximum atomic E-state index is 11.5. The quantitative estimate of drug-likeness (QED) is 0.790. The number of hydrogen-bond donors (Lipinski definition) is 1. The van der Waals surface area contributed by atoms with Crippen molar-refractivity contribution in [2.24, 2.45) is 5.92 Å². The molecule has 3 heteroatoms. The van der Waals surface area contributed by atoms with Crippen LogP contribution < -0.4 is 5.32 Å². The van der Waals surface area contributed by atoms with Crippen LogP contribution in [0.15, 0.2) is 18.2 Å². The van der Waals surface area contributed by atoms with Crippen molar-refractivity contribution in [1.29, 1.82) is 0 Å². The Kier molecular flexibility index (Phi) is 5.03. The highest BCUT2D eigenvalue weighted by Crippen LogP contribution is 2.37. The number of carbonyl (C=O) groups excluding carboxylic acids is 1. The van der Waals surface area contributed by atoms with Gasteiger partial charge in [-0.25, -0.2) is 0 Å². The molecule has 1 aromatic rings. The van der Waals surface area contributed by atoms with Crippen LogP contribution in [-0.2, 0) is 11.2 Å². The molecule has 104 valence electrons. The Morgan fingerprint density at radius 2 is 2.00 bits per heavy atom. The fraction of sp³-hybridized carbons (Fsp3) is 0.562. The van der Waals surface area contributed by atoms with E-state index in [0.717, 1.165) is 18.5 Å². The Labute approximate surface area is 124 Å². The zero-order valence-corrected chi connectivity index (χ0v) is 13.3. The molecule has 1 aliphatic heterocycles. The van der Waals surface area contributed by atoms with E-state index in [-0.39, 0.29) is 5.91 Å². The van der Waals surface area contributed by atoms with Crippen LogP contribution in [-0.4, -0.2) is 5.91 Å². The molecule has 0 aliphatic carbocycles. The number of amides is 1. The highest BCUT2D eigenvalue weighted by atomic mass is 79.9. The van der Waals surface area contributed by atoms with E-state index in [4.69, 9.17) is 0 Å². The summed E-state index contributed by atoms with van der Waals surface area (Å²) in [6.45, 7) is 4.48. The van der Waals surface area contributed by atoms with Crippen molar-refractivity contribution in [1.82, 2.24) is 0 Å². The number of alkyl halides is 1. The van der Waals surface area contributed by atoms with Gasteiger partial charge in [0.2, 0.25) is 5.91 Å². The molecule has 1 unspecified atom stereocenters. The fourth-order valence-electron chi connectivity index (χ4n) is 2.74. The Balaban J connectivity index is 2.25. The Bertz CT molecular complexity index is 454. The molecule has 1 atom stereocenters. The number of rotatable bonds is 4. The Morgan fingerprint density at radius 3 is 2.68 bits per heavy atom. The summed E-state index contributed by atoms with van der Waals surface area (Å²) in [5.74, 6) is 0.806. The molecule has 0 bridgehead atoms. The Hall–Kier alpha value is -0.830. The minimum atomic E-state index is 0.141. The van der Waals surface area contributed by atoms with E-state index in [9.17, 15) is 4.79 Å². The molecule has 1 aliphatic rings. The first-order chi connectivity index (χ1) is 9.15. The molecule has 2 nitrogen and oxygen atoms in total. The summed E-state index contributed by atoms with van der Waals surface area (Å²) in [6, 6.07) is 6.46. The normalized spacial score (nSPS) is 16.7. The van der Waals surface area contributed by atoms with Crippen LogP contribution in [0.25, 0.3) is 0 Å². The number of hydrogen-bond acceptors (Lipinski definition) is 1. The molecule has 0 radical (unpaired) electrons. The van der Waals surface area contributed by atoms with E-state index in [1.807, 2.05) is 0 Å². The summed E-state index contributed by atoms with van der Waals surface area (Å²) >= 11 is 3.84. The largest absolute Gasteiger partial charge is 0.326 e. The van der Waals surface area contributed by atoms with Gasteiger partial charge in [0.15, 0.2) is 0 Å². The highest BCUT2D eigenvalue weighted by molar-refractivity contribution is 9.09. The van der Waals surface area contributed by atoms with E-state index in [1.54, 1.807) is 0 Å². The lowest BCUT2D eigenvalue weighted by Crippen LogP contribution is -2.10. The molecule has 0 saturated heterocycles. The Morgan fingerprint density at radius 1 is 1.26 bits per heavy atom. The number of benzene rings is 1. The molecule has 0 fully saturated rings. The van der Waals surface area contributed by atoms with Crippen molar-refractivity contribution >= 4 is 27.5 Å². The lowest BCUT2D eigenvalue weighted by atomic mass is 9.92. The standard InChI is InChI=1S/C16H22BrNO/c1-3-11(4-2)16(17)13-8-9-14-12(10-13)6-5-7-15(19)18-14/h8-11,16H,3-7H2,1-2H3,(H,18,19). The maximum Gasteiger partial charge on any atom is 0.224 e. The molecule has 0 aromatic heterocycles. The number of aryl methyl sites for hydroxylation is 1. The van der Waals surface area contributed by atoms with Gasteiger partial charge in [-0.1, -0.05) is 54.8 Å². The van der Waals surface area contributed by atoms with Crippen LogP contribution in [0.5, 0.6) is 0 Å². The lowest BCUT2D eigenvalue weighted by molar-refractivity contribution is -0.116. The predicted octanol–water partition coefficient (Wildman–Crippen LogP) is 4.83. The molecule has 19 heavy (non-hydrogen) atoms. The van der Waals surface area contributed by atoms with Gasteiger partial charge in [0.1, 0.15) is 0 Å². The third kappa shape index (κ3) is 3.38. The topological polar surface area (TPSA) is 29.1 Å². The van der Waals surface area contributed by atoms with Crippen molar-refractivity contribution in [3.05, 3.63) is 29.3 Å². The first-order valence-electron chi connectivity index (χ1n) is 7.22. The monoisotopic (exact) mass is 323 g/mol. The van der Waals surface area contributed by atoms with Gasteiger partial charge in [-0.15, -0.1) is 0 Å². The maximum absolute atomic E-state index is 11.5. The molecule has 2 rings (SSSR count). The van der Waals surface area contributed by atoms with Gasteiger partial charge in [-0.3, -0.25) is 4.79 Å². The summed E-state index contributed by atoms with van der Waals surface area (Å²) in [5.41, 5.74) is 3.61. The molecule has 0 spiro atoms. The second-order valence-corrected chi connectivity index (χ2v) is 6.28. The summed E-state index contributed by atoms with van der Waals surface area (Å²) in [5, 5.41) is 2.99. The third-order valence-corrected chi connectivity index (χ3v) is 5.31. The van der Waals surface area contributed by atoms with Gasteiger partial charge in [0.25, 0.3) is 0 Å². The first-order valence-corrected chi connectivity index (χ1v) is 8.14. The second-order valence-electron chi connectivity index (χ2n) is 5.30. The smallest absolute Gasteiger partial charge is 0.224 e. The van der Waals surface area contributed by atoms with E-state index < -0.39 is 0 Å². The number of fused-ring (bicyclic) bond motifs is 1. The second kappa shape index (κ2) is 6.56. The number of anilines is 1. The summed E-state index contributed by atoms with van der Waals surface area (Å²) < 4.78 is 0. The minimum Gasteiger partial charge on any atom is -0.326 e. The summed E-state index contributed by atoms with van der Waals surface area (Å²) in [6.07, 6.45) is 4.93. The number of carbonyl (C=O) groups is 1. The van der Waals surface area contributed by atoms with Crippen molar-refractivity contribution in [2.45, 2.75) is 50.8 Å². The van der Waals surface area contributed by atoms with Gasteiger partial charge in [-0.05, 0) is 36.0 Å². The SMILES string of the molecule is CCC(CC)C(Br)c1ccc2c(c1)CCCC(=O)N2. The van der Waals surface area contributed by atoms with Gasteiger partial charge < -0.3 is 5.32 Å². The number of nitrogens with one attached hydrogen (secondary N) is 1. The lowest BCUT2D eigenvalue weighted by Gasteiger charge is -2.21. The molecule has 0 saturated carbocycles. The minimum absolute atomic E-state index is 0.141. The molecule has 1 heterocycles. The van der Waals surface area contributed by atoms with Crippen LogP contribution in [0.1, 0.15) is 55.5 Å². The van der Waals surface area contributed by atoms with E-state index in [2.05, 4.69) is 53.3 Å². The van der Waals surface area contributed by atoms with Gasteiger partial charge in [0.05, 0.1) is 0 Å². The van der Waals surface area contributed by atoms with Crippen molar-refractivity contribution in [2.75, 3.05) is 5.32 Å². The van der Waals surface area contributed by atoms with Crippen LogP contribution >= 0.6 is 15.9 Å². The summed E-state index contributed by atoms with van der Waals surface area (Å²) in [7, 11) is 0. The van der Waals surface area contributed by atoms with Crippen molar-refractivity contribution in [3.8, 4) is 0 Å². The van der Waals surface area contributed by atoms with Gasteiger partial charge in [-0.2, -0.15) is 0 Å². The van der Waals surface area contributed by atoms with Crippen molar-refractivity contribution < 1.29 is 4.79 Å². The van der Waals surface area contributed by atoms with E-state index in [1.165, 1.54) is 24.0 Å². The predicted molar refractivity (Wildman–Crippen MR) is 83.7 cm³/mol. The van der Waals surface area contributed by atoms with E-state index >= 15 is 0 Å². The van der Waals surface area contributed by atoms with Crippen LogP contribution in [0.3, 0.4) is 0 Å². The van der Waals surface area contributed by atoms with Crippen molar-refractivity contribution in [3.63, 3.8) is 0 Å². The zero-order valence-electron chi connectivity index (χ0n) is 11.7. The zero-order chi connectivity index (χ0) is 13.8. The molecule has 1 amide bonds. The van der Waals surface area contributed by atoms with Crippen LogP contribution in [0, 0.1) is 5.92 Å². The average Bonchev–Trinajstić information content (AvgIpc) is 2.59. The fourth-order valence-corrected chi connectivity index (χ4v) is 3.77. The number of halogens is 1.